The lowest BCUT2D eigenvalue weighted by molar-refractivity contribution is 0.0982. The molecule has 2 fully saturated rings. The number of anilines is 1. The van der Waals surface area contributed by atoms with Crippen LogP contribution in [0, 0.1) is 0 Å². The minimum absolute atomic E-state index is 0.746. The van der Waals surface area contributed by atoms with Gasteiger partial charge in [0.1, 0.15) is 0 Å². The zero-order valence-corrected chi connectivity index (χ0v) is 15.1. The molecule has 0 spiro atoms. The molecule has 23 heavy (non-hydrogen) atoms. The number of nitrogens with zero attached hydrogens (tertiary/aromatic N) is 6. The Kier molecular flexibility index (Phi) is 4.26. The average Bonchev–Trinajstić information content (AvgIpc) is 2.96. The van der Waals surface area contributed by atoms with Crippen molar-refractivity contribution < 1.29 is 0 Å². The van der Waals surface area contributed by atoms with Crippen molar-refractivity contribution in [1.29, 1.82) is 0 Å². The number of hydrogen-bond donors (Lipinski definition) is 0. The Bertz CT molecular complexity index is 670. The third-order valence-corrected chi connectivity index (χ3v) is 5.74. The number of likely N-dealkylation sites (N-methyl/N-ethyl adjacent to an activating group) is 1. The summed E-state index contributed by atoms with van der Waals surface area (Å²) in [7, 11) is 2.22. The normalized spacial score (nSPS) is 22.1. The molecule has 0 aromatic carbocycles. The SMILES string of the molecule is CN1CCN(C2CCN(c3cnc4c(Br)cnn4c3)CC2)CC1. The highest BCUT2D eigenvalue weighted by atomic mass is 79.9. The fourth-order valence-electron chi connectivity index (χ4n) is 3.68. The van der Waals surface area contributed by atoms with E-state index in [1.165, 1.54) is 44.7 Å². The molecule has 6 nitrogen and oxygen atoms in total. The fourth-order valence-corrected chi connectivity index (χ4v) is 4.05. The first-order chi connectivity index (χ1) is 11.2. The van der Waals surface area contributed by atoms with Gasteiger partial charge in [0.2, 0.25) is 0 Å². The topological polar surface area (TPSA) is 39.9 Å². The molecule has 7 heteroatoms. The molecule has 2 saturated heterocycles. The Balaban J connectivity index is 1.40. The summed E-state index contributed by atoms with van der Waals surface area (Å²) in [4.78, 5) is 12.1. The van der Waals surface area contributed by atoms with E-state index in [-0.39, 0.29) is 0 Å². The van der Waals surface area contributed by atoms with E-state index in [4.69, 9.17) is 0 Å². The van der Waals surface area contributed by atoms with Crippen LogP contribution in [0.2, 0.25) is 0 Å². The van der Waals surface area contributed by atoms with Crippen molar-refractivity contribution >= 4 is 27.3 Å². The van der Waals surface area contributed by atoms with Crippen LogP contribution in [0.4, 0.5) is 5.69 Å². The molecule has 2 aliphatic rings. The highest BCUT2D eigenvalue weighted by Crippen LogP contribution is 2.24. The first-order valence-electron chi connectivity index (χ1n) is 8.37. The Morgan fingerprint density at radius 3 is 2.52 bits per heavy atom. The van der Waals surface area contributed by atoms with Crippen molar-refractivity contribution in [2.75, 3.05) is 51.2 Å². The van der Waals surface area contributed by atoms with E-state index < -0.39 is 0 Å². The number of aromatic nitrogens is 3. The van der Waals surface area contributed by atoms with Gasteiger partial charge in [-0.3, -0.25) is 4.90 Å². The second-order valence-electron chi connectivity index (χ2n) is 6.63. The number of halogens is 1. The van der Waals surface area contributed by atoms with Crippen molar-refractivity contribution in [3.63, 3.8) is 0 Å². The van der Waals surface area contributed by atoms with Gasteiger partial charge in [-0.1, -0.05) is 0 Å². The fraction of sp³-hybridized carbons (Fsp3) is 0.625. The van der Waals surface area contributed by atoms with Crippen molar-refractivity contribution in [2.45, 2.75) is 18.9 Å². The van der Waals surface area contributed by atoms with Gasteiger partial charge in [0.25, 0.3) is 0 Å². The number of piperazine rings is 1. The number of rotatable bonds is 2. The summed E-state index contributed by atoms with van der Waals surface area (Å²) in [6, 6.07) is 0.746. The smallest absolute Gasteiger partial charge is 0.169 e. The van der Waals surface area contributed by atoms with Crippen LogP contribution in [-0.4, -0.2) is 76.8 Å². The Morgan fingerprint density at radius 1 is 1.04 bits per heavy atom. The molecule has 2 aromatic heterocycles. The van der Waals surface area contributed by atoms with Crippen LogP contribution in [0.25, 0.3) is 5.65 Å². The predicted molar refractivity (Wildman–Crippen MR) is 95.0 cm³/mol. The van der Waals surface area contributed by atoms with Gasteiger partial charge in [0.05, 0.1) is 28.8 Å². The summed E-state index contributed by atoms with van der Waals surface area (Å²) in [5, 5.41) is 4.34. The zero-order valence-electron chi connectivity index (χ0n) is 13.5. The molecule has 2 aliphatic heterocycles. The molecule has 124 valence electrons. The summed E-state index contributed by atoms with van der Waals surface area (Å²) in [6.45, 7) is 7.05. The van der Waals surface area contributed by atoms with Crippen molar-refractivity contribution in [1.82, 2.24) is 24.4 Å². The quantitative estimate of drug-likeness (QED) is 0.795. The van der Waals surface area contributed by atoms with E-state index in [9.17, 15) is 0 Å². The summed E-state index contributed by atoms with van der Waals surface area (Å²) in [5.74, 6) is 0. The van der Waals surface area contributed by atoms with Gasteiger partial charge >= 0.3 is 0 Å². The first-order valence-corrected chi connectivity index (χ1v) is 9.16. The van der Waals surface area contributed by atoms with E-state index in [0.29, 0.717) is 0 Å². The second kappa shape index (κ2) is 6.37. The molecule has 2 aromatic rings. The van der Waals surface area contributed by atoms with Crippen LogP contribution >= 0.6 is 15.9 Å². The number of fused-ring (bicyclic) bond motifs is 1. The van der Waals surface area contributed by atoms with Gasteiger partial charge < -0.3 is 9.80 Å². The average molecular weight is 379 g/mol. The van der Waals surface area contributed by atoms with Crippen LogP contribution in [0.15, 0.2) is 23.1 Å². The summed E-state index contributed by atoms with van der Waals surface area (Å²) >= 11 is 3.48. The predicted octanol–water partition coefficient (Wildman–Crippen LogP) is 1.71. The largest absolute Gasteiger partial charge is 0.369 e. The Hall–Kier alpha value is -1.18. The van der Waals surface area contributed by atoms with Crippen LogP contribution < -0.4 is 4.90 Å². The summed E-state index contributed by atoms with van der Waals surface area (Å²) in [5.41, 5.74) is 2.05. The second-order valence-corrected chi connectivity index (χ2v) is 7.48. The maximum Gasteiger partial charge on any atom is 0.169 e. The highest BCUT2D eigenvalue weighted by Gasteiger charge is 2.27. The molecule has 0 saturated carbocycles. The van der Waals surface area contributed by atoms with Crippen molar-refractivity contribution in [3.8, 4) is 0 Å². The lowest BCUT2D eigenvalue weighted by atomic mass is 10.0. The molecular weight excluding hydrogens is 356 g/mol. The maximum atomic E-state index is 4.53. The molecule has 0 unspecified atom stereocenters. The van der Waals surface area contributed by atoms with Gasteiger partial charge in [-0.05, 0) is 35.8 Å². The first kappa shape index (κ1) is 15.4. The van der Waals surface area contributed by atoms with Crippen LogP contribution in [-0.2, 0) is 0 Å². The van der Waals surface area contributed by atoms with Crippen LogP contribution in [0.5, 0.6) is 0 Å². The van der Waals surface area contributed by atoms with Gasteiger partial charge in [-0.25, -0.2) is 9.50 Å². The molecule has 0 radical (unpaired) electrons. The van der Waals surface area contributed by atoms with Gasteiger partial charge in [-0.2, -0.15) is 5.10 Å². The third-order valence-electron chi connectivity index (χ3n) is 5.18. The Labute approximate surface area is 145 Å². The molecule has 4 heterocycles. The van der Waals surface area contributed by atoms with Crippen LogP contribution in [0.3, 0.4) is 0 Å². The van der Waals surface area contributed by atoms with E-state index in [0.717, 1.165) is 29.3 Å². The van der Waals surface area contributed by atoms with Crippen LogP contribution in [0.1, 0.15) is 12.8 Å². The number of piperidine rings is 1. The monoisotopic (exact) mass is 378 g/mol. The minimum atomic E-state index is 0.746. The van der Waals surface area contributed by atoms with Crippen molar-refractivity contribution in [2.24, 2.45) is 0 Å². The molecule has 0 atom stereocenters. The Morgan fingerprint density at radius 2 is 1.78 bits per heavy atom. The standard InChI is InChI=1S/C16H23BrN6/c1-20-6-8-22(9-7-20)13-2-4-21(5-3-13)14-10-18-16-15(17)11-19-23(16)12-14/h10-13H,2-9H2,1H3. The van der Waals surface area contributed by atoms with Crippen molar-refractivity contribution in [3.05, 3.63) is 23.1 Å². The summed E-state index contributed by atoms with van der Waals surface area (Å²) < 4.78 is 2.80. The molecule has 0 amide bonds. The van der Waals surface area contributed by atoms with E-state index >= 15 is 0 Å². The molecule has 0 aliphatic carbocycles. The lowest BCUT2D eigenvalue weighted by Gasteiger charge is -2.42. The van der Waals surface area contributed by atoms with Gasteiger partial charge in [0.15, 0.2) is 5.65 Å². The molecular formula is C16H23BrN6. The zero-order chi connectivity index (χ0) is 15.8. The van der Waals surface area contributed by atoms with E-state index in [2.05, 4.69) is 54.0 Å². The highest BCUT2D eigenvalue weighted by molar-refractivity contribution is 9.10. The lowest BCUT2D eigenvalue weighted by Crippen LogP contribution is -2.52. The third kappa shape index (κ3) is 3.09. The maximum absolute atomic E-state index is 4.53. The van der Waals surface area contributed by atoms with Gasteiger partial charge in [0, 0.05) is 45.3 Å². The molecule has 0 bridgehead atoms. The molecule has 4 rings (SSSR count). The van der Waals surface area contributed by atoms with E-state index in [1.54, 1.807) is 6.20 Å². The number of hydrogen-bond acceptors (Lipinski definition) is 5. The van der Waals surface area contributed by atoms with Gasteiger partial charge in [-0.15, -0.1) is 0 Å². The van der Waals surface area contributed by atoms with E-state index in [1.807, 2.05) is 10.7 Å². The summed E-state index contributed by atoms with van der Waals surface area (Å²) in [6.07, 6.45) is 8.34. The minimum Gasteiger partial charge on any atom is -0.369 e. The molecule has 0 N–H and O–H groups in total.